The van der Waals surface area contributed by atoms with E-state index in [0.717, 1.165) is 10.7 Å². The molecule has 0 saturated carbocycles. The lowest BCUT2D eigenvalue weighted by Crippen LogP contribution is -2.36. The minimum absolute atomic E-state index is 0.0108. The number of hydrogen-bond donors (Lipinski definition) is 1. The molecule has 1 aliphatic rings. The van der Waals surface area contributed by atoms with Crippen LogP contribution in [-0.4, -0.2) is 41.3 Å². The van der Waals surface area contributed by atoms with Gasteiger partial charge in [-0.1, -0.05) is 29.4 Å². The van der Waals surface area contributed by atoms with Gasteiger partial charge in [-0.15, -0.1) is 0 Å². The first-order valence-corrected chi connectivity index (χ1v) is 14.3. The van der Waals surface area contributed by atoms with Gasteiger partial charge in [0, 0.05) is 23.9 Å². The molecule has 1 amide bonds. The molecule has 0 atom stereocenters. The zero-order valence-electron chi connectivity index (χ0n) is 22.1. The van der Waals surface area contributed by atoms with Gasteiger partial charge in [-0.2, -0.15) is 31.4 Å². The van der Waals surface area contributed by atoms with Crippen LogP contribution in [0.3, 0.4) is 0 Å². The van der Waals surface area contributed by atoms with Crippen molar-refractivity contribution in [2.24, 2.45) is 0 Å². The van der Waals surface area contributed by atoms with Gasteiger partial charge in [0.15, 0.2) is 17.1 Å². The van der Waals surface area contributed by atoms with Gasteiger partial charge in [0.25, 0.3) is 15.7 Å². The number of aryl methyl sites for hydroxylation is 1. The first-order valence-electron chi connectivity index (χ1n) is 12.8. The number of nitrogens with two attached hydrogens (primary N) is 1. The van der Waals surface area contributed by atoms with E-state index in [1.54, 1.807) is 0 Å². The Kier molecular flexibility index (Phi) is 6.71. The average Bonchev–Trinajstić information content (AvgIpc) is 3.60. The summed E-state index contributed by atoms with van der Waals surface area (Å²) >= 11 is 0. The summed E-state index contributed by atoms with van der Waals surface area (Å²) in [5.41, 5.74) is -0.332. The second-order valence-electron chi connectivity index (χ2n) is 9.92. The van der Waals surface area contributed by atoms with Crippen LogP contribution in [0, 0.1) is 0 Å². The molecule has 3 aromatic carbocycles. The fraction of sp³-hybridized carbons (Fsp3) is 0.179. The number of amides is 1. The molecule has 0 fully saturated rings. The van der Waals surface area contributed by atoms with Gasteiger partial charge < -0.3 is 15.2 Å². The van der Waals surface area contributed by atoms with E-state index in [1.165, 1.54) is 59.5 Å². The van der Waals surface area contributed by atoms with Gasteiger partial charge in [0.2, 0.25) is 0 Å². The molecule has 0 unspecified atom stereocenters. The number of anilines is 2. The third-order valence-electron chi connectivity index (χ3n) is 7.18. The van der Waals surface area contributed by atoms with Crippen molar-refractivity contribution in [1.29, 1.82) is 0 Å². The summed E-state index contributed by atoms with van der Waals surface area (Å²) in [5, 5.41) is 7.57. The Labute approximate surface area is 244 Å². The van der Waals surface area contributed by atoms with Gasteiger partial charge in [-0.3, -0.25) is 4.79 Å². The smallest absolute Gasteiger partial charge is 0.380 e. The van der Waals surface area contributed by atoms with E-state index in [2.05, 4.69) is 10.3 Å². The van der Waals surface area contributed by atoms with E-state index in [1.807, 2.05) is 0 Å². The first kappa shape index (κ1) is 29.2. The number of fused-ring (bicyclic) bond motifs is 2. The number of carbonyl (C=O) groups excluding carboxylic acids is 1. The van der Waals surface area contributed by atoms with Crippen molar-refractivity contribution in [3.8, 4) is 16.8 Å². The Balaban J connectivity index is 1.42. The maximum atomic E-state index is 13.9. The Hall–Kier alpha value is -4.86. The molecule has 0 radical (unpaired) electrons. The summed E-state index contributed by atoms with van der Waals surface area (Å²) in [6.07, 6.45) is -4.13. The van der Waals surface area contributed by atoms with Crippen LogP contribution >= 0.6 is 0 Å². The molecule has 2 N–H and O–H groups in total. The van der Waals surface area contributed by atoms with Crippen molar-refractivity contribution < 1.29 is 44.1 Å². The van der Waals surface area contributed by atoms with Gasteiger partial charge in [-0.05, 0) is 60.4 Å². The molecule has 0 spiro atoms. The van der Waals surface area contributed by atoms with Crippen molar-refractivity contribution >= 4 is 38.2 Å². The van der Waals surface area contributed by atoms with Crippen molar-refractivity contribution in [2.75, 3.05) is 17.2 Å². The zero-order chi connectivity index (χ0) is 31.6. The molecule has 0 bridgehead atoms. The Morgan fingerprint density at radius 3 is 2.43 bits per heavy atom. The third kappa shape index (κ3) is 4.84. The molecule has 1 aliphatic heterocycles. The van der Waals surface area contributed by atoms with Crippen molar-refractivity contribution in [3.63, 3.8) is 0 Å². The standard InChI is InChI=1S/C28H19F6N5O4S/c29-27(30,31)24-14-21(39(36-24)17-8-10-22-19(13-17)25(35)37-43-22)26(40)38-11-3-4-16-12-15(7-9-20(16)38)18-5-1-2-6-23(18)44(41,42)28(32,33)34/h1-2,5-10,12-14H,3-4,11H2,(H2,35,37). The highest BCUT2D eigenvalue weighted by atomic mass is 32.2. The monoisotopic (exact) mass is 635 g/mol. The quantitative estimate of drug-likeness (QED) is 0.234. The van der Waals surface area contributed by atoms with Gasteiger partial charge >= 0.3 is 11.7 Å². The van der Waals surface area contributed by atoms with E-state index in [0.29, 0.717) is 35.5 Å². The molecular formula is C28H19F6N5O4S. The van der Waals surface area contributed by atoms with Crippen LogP contribution in [-0.2, 0) is 22.4 Å². The number of carbonyl (C=O) groups is 1. The highest BCUT2D eigenvalue weighted by molar-refractivity contribution is 7.92. The number of hydrogen-bond acceptors (Lipinski definition) is 7. The first-order chi connectivity index (χ1) is 20.7. The van der Waals surface area contributed by atoms with Crippen molar-refractivity contribution in [2.45, 2.75) is 29.4 Å². The van der Waals surface area contributed by atoms with Crippen molar-refractivity contribution in [1.82, 2.24) is 14.9 Å². The van der Waals surface area contributed by atoms with Gasteiger partial charge in [0.05, 0.1) is 16.0 Å². The highest BCUT2D eigenvalue weighted by Gasteiger charge is 2.48. The number of nitrogens with zero attached hydrogens (tertiary/aromatic N) is 4. The molecule has 6 rings (SSSR count). The van der Waals surface area contributed by atoms with Crippen LogP contribution in [0.2, 0.25) is 0 Å². The van der Waals surface area contributed by atoms with Crippen molar-refractivity contribution in [3.05, 3.63) is 83.7 Å². The number of halogens is 6. The lowest BCUT2D eigenvalue weighted by atomic mass is 9.96. The van der Waals surface area contributed by atoms with Crippen LogP contribution in [0.1, 0.15) is 28.2 Å². The molecule has 44 heavy (non-hydrogen) atoms. The number of rotatable bonds is 4. The number of nitrogen functional groups attached to an aromatic ring is 1. The van der Waals surface area contributed by atoms with Crippen LogP contribution in [0.15, 0.2) is 76.1 Å². The fourth-order valence-electron chi connectivity index (χ4n) is 5.12. The predicted octanol–water partition coefficient (Wildman–Crippen LogP) is 6.17. The van der Waals surface area contributed by atoms with E-state index in [-0.39, 0.29) is 34.8 Å². The maximum Gasteiger partial charge on any atom is 0.501 e. The third-order valence-corrected chi connectivity index (χ3v) is 8.72. The molecule has 5 aromatic rings. The lowest BCUT2D eigenvalue weighted by Gasteiger charge is -2.30. The Bertz CT molecular complexity index is 2050. The Morgan fingerprint density at radius 2 is 1.70 bits per heavy atom. The van der Waals surface area contributed by atoms with E-state index in [9.17, 15) is 39.6 Å². The topological polar surface area (TPSA) is 124 Å². The summed E-state index contributed by atoms with van der Waals surface area (Å²) in [4.78, 5) is 14.2. The minimum Gasteiger partial charge on any atom is -0.380 e. The molecule has 228 valence electrons. The summed E-state index contributed by atoms with van der Waals surface area (Å²) in [6, 6.07) is 13.7. The normalized spacial score (nSPS) is 14.2. The molecule has 3 heterocycles. The highest BCUT2D eigenvalue weighted by Crippen LogP contribution is 2.39. The zero-order valence-corrected chi connectivity index (χ0v) is 23.0. The van der Waals surface area contributed by atoms with E-state index >= 15 is 0 Å². The summed E-state index contributed by atoms with van der Waals surface area (Å²) < 4.78 is 112. The SMILES string of the molecule is Nc1noc2ccc(-n3nc(C(F)(F)F)cc3C(=O)N3CCCc4cc(-c5ccccc5S(=O)(=O)C(F)(F)F)ccc43)cc12. The second-order valence-corrected chi connectivity index (χ2v) is 11.8. The van der Waals surface area contributed by atoms with Gasteiger partial charge in [0.1, 0.15) is 5.69 Å². The summed E-state index contributed by atoms with van der Waals surface area (Å²) in [5.74, 6) is -0.830. The van der Waals surface area contributed by atoms with Crippen LogP contribution < -0.4 is 10.6 Å². The van der Waals surface area contributed by atoms with E-state index in [4.69, 9.17) is 10.3 Å². The number of sulfone groups is 1. The van der Waals surface area contributed by atoms with Gasteiger partial charge in [-0.25, -0.2) is 13.1 Å². The molecule has 9 nitrogen and oxygen atoms in total. The minimum atomic E-state index is -5.67. The number of alkyl halides is 6. The maximum absolute atomic E-state index is 13.9. The summed E-state index contributed by atoms with van der Waals surface area (Å²) in [7, 11) is -5.67. The molecule has 16 heteroatoms. The Morgan fingerprint density at radius 1 is 0.955 bits per heavy atom. The molecule has 0 saturated heterocycles. The van der Waals surface area contributed by atoms with Crippen LogP contribution in [0.5, 0.6) is 0 Å². The largest absolute Gasteiger partial charge is 0.501 e. The van der Waals surface area contributed by atoms with Crippen LogP contribution in [0.4, 0.5) is 37.8 Å². The fourth-order valence-corrected chi connectivity index (χ4v) is 6.11. The second kappa shape index (κ2) is 10.1. The molecular weight excluding hydrogens is 616 g/mol. The molecule has 0 aliphatic carbocycles. The number of aromatic nitrogens is 3. The lowest BCUT2D eigenvalue weighted by molar-refractivity contribution is -0.141. The summed E-state index contributed by atoms with van der Waals surface area (Å²) in [6.45, 7) is 0.119. The van der Waals surface area contributed by atoms with Crippen LogP contribution in [0.25, 0.3) is 27.8 Å². The number of benzene rings is 3. The average molecular weight is 636 g/mol. The van der Waals surface area contributed by atoms with E-state index < -0.39 is 43.7 Å². The predicted molar refractivity (Wildman–Crippen MR) is 146 cm³/mol. The molecule has 2 aromatic heterocycles.